The van der Waals surface area contributed by atoms with Crippen molar-refractivity contribution in [1.82, 2.24) is 15.1 Å². The largest absolute Gasteiger partial charge is 0.340 e. The number of nitrogens with zero attached hydrogens (tertiary/aromatic N) is 2. The fraction of sp³-hybridized carbons (Fsp3) is 0.731. The summed E-state index contributed by atoms with van der Waals surface area (Å²) in [4.78, 5) is 17.4. The van der Waals surface area contributed by atoms with Gasteiger partial charge in [0, 0.05) is 32.1 Å². The Kier molecular flexibility index (Phi) is 8.62. The van der Waals surface area contributed by atoms with Crippen LogP contribution in [0.15, 0.2) is 17.0 Å². The highest BCUT2D eigenvalue weighted by atomic mass is 32.2. The van der Waals surface area contributed by atoms with E-state index in [9.17, 15) is 13.2 Å². The lowest BCUT2D eigenvalue weighted by molar-refractivity contribution is -0.137. The van der Waals surface area contributed by atoms with Gasteiger partial charge in [0.2, 0.25) is 5.91 Å². The highest BCUT2D eigenvalue weighted by molar-refractivity contribution is 7.91. The Morgan fingerprint density at radius 1 is 0.909 bits per heavy atom. The van der Waals surface area contributed by atoms with E-state index in [-0.39, 0.29) is 29.5 Å². The summed E-state index contributed by atoms with van der Waals surface area (Å²) in [6, 6.07) is 4.21. The van der Waals surface area contributed by atoms with E-state index in [1.807, 2.05) is 9.80 Å². The van der Waals surface area contributed by atoms with Crippen molar-refractivity contribution in [2.24, 2.45) is 5.92 Å². The van der Waals surface area contributed by atoms with E-state index in [4.69, 9.17) is 0 Å². The number of rotatable bonds is 7. The number of likely N-dealkylation sites (tertiary alicyclic amines) is 1. The van der Waals surface area contributed by atoms with Crippen molar-refractivity contribution in [1.29, 1.82) is 0 Å². The summed E-state index contributed by atoms with van der Waals surface area (Å²) in [6.45, 7) is 17.2. The minimum atomic E-state index is -3.49. The normalized spacial score (nSPS) is 19.1. The molecule has 2 fully saturated rings. The first-order valence-corrected chi connectivity index (χ1v) is 14.3. The summed E-state index contributed by atoms with van der Waals surface area (Å²) in [7, 11) is -3.49. The van der Waals surface area contributed by atoms with Gasteiger partial charge in [0.1, 0.15) is 5.88 Å². The maximum absolute atomic E-state index is 13.8. The van der Waals surface area contributed by atoms with Crippen LogP contribution in [0.4, 0.5) is 0 Å². The second-order valence-corrected chi connectivity index (χ2v) is 12.6. The van der Waals surface area contributed by atoms with Crippen molar-refractivity contribution in [3.05, 3.63) is 28.8 Å². The third-order valence-corrected chi connectivity index (χ3v) is 8.91. The summed E-state index contributed by atoms with van der Waals surface area (Å²) in [5, 5.41) is 3.29. The number of nitrogens with one attached hydrogen (secondary N) is 1. The maximum atomic E-state index is 13.8. The Morgan fingerprint density at radius 2 is 1.42 bits per heavy atom. The number of sulfone groups is 1. The molecular weight excluding hydrogens is 434 g/mol. The fourth-order valence-electron chi connectivity index (χ4n) is 5.01. The Labute approximate surface area is 201 Å². The first-order chi connectivity index (χ1) is 15.5. The standard InChI is InChI=1S/C26H43N3O3S/c1-18(2)22-15-23(19(3)4)25(24(16-22)20(5)6)33(31,32)17-28-11-7-21(8-12-28)26(30)29-13-9-27-10-14-29/h15-16,18-21,27H,7-14,17H2,1-6H3. The molecule has 0 aliphatic carbocycles. The lowest BCUT2D eigenvalue weighted by atomic mass is 9.89. The van der Waals surface area contributed by atoms with Crippen LogP contribution in [0, 0.1) is 5.92 Å². The molecule has 6 nitrogen and oxygen atoms in total. The summed E-state index contributed by atoms with van der Waals surface area (Å²) in [5.74, 6) is 0.908. The predicted molar refractivity (Wildman–Crippen MR) is 135 cm³/mol. The molecule has 0 saturated carbocycles. The van der Waals surface area contributed by atoms with Gasteiger partial charge in [-0.1, -0.05) is 53.7 Å². The first kappa shape index (κ1) is 26.2. The van der Waals surface area contributed by atoms with Gasteiger partial charge in [-0.25, -0.2) is 8.42 Å². The third kappa shape index (κ3) is 6.17. The van der Waals surface area contributed by atoms with E-state index >= 15 is 0 Å². The molecule has 7 heteroatoms. The van der Waals surface area contributed by atoms with Gasteiger partial charge in [0.15, 0.2) is 9.84 Å². The van der Waals surface area contributed by atoms with Crippen LogP contribution in [-0.2, 0) is 14.6 Å². The Morgan fingerprint density at radius 3 is 1.88 bits per heavy atom. The molecule has 0 spiro atoms. The van der Waals surface area contributed by atoms with Gasteiger partial charge in [-0.3, -0.25) is 9.69 Å². The van der Waals surface area contributed by atoms with E-state index in [1.54, 1.807) is 0 Å². The molecule has 2 aliphatic rings. The molecule has 2 aliphatic heterocycles. The molecule has 1 aromatic carbocycles. The van der Waals surface area contributed by atoms with E-state index in [0.717, 1.165) is 50.1 Å². The lowest BCUT2D eigenvalue weighted by Crippen LogP contribution is -2.50. The van der Waals surface area contributed by atoms with Gasteiger partial charge < -0.3 is 10.2 Å². The lowest BCUT2D eigenvalue weighted by Gasteiger charge is -2.35. The molecule has 3 rings (SSSR count). The molecule has 2 heterocycles. The molecule has 0 bridgehead atoms. The van der Waals surface area contributed by atoms with Crippen molar-refractivity contribution in [3.8, 4) is 0 Å². The Hall–Kier alpha value is -1.44. The number of benzene rings is 1. The zero-order chi connectivity index (χ0) is 24.3. The molecular formula is C26H43N3O3S. The van der Waals surface area contributed by atoms with Gasteiger partial charge in [-0.15, -0.1) is 0 Å². The van der Waals surface area contributed by atoms with Gasteiger partial charge in [-0.05, 0) is 60.4 Å². The molecule has 1 amide bonds. The zero-order valence-corrected chi connectivity index (χ0v) is 22.2. The number of piperidine rings is 1. The summed E-state index contributed by atoms with van der Waals surface area (Å²) in [6.07, 6.45) is 1.47. The van der Waals surface area contributed by atoms with Crippen molar-refractivity contribution in [3.63, 3.8) is 0 Å². The number of amides is 1. The van der Waals surface area contributed by atoms with Crippen molar-refractivity contribution in [2.45, 2.75) is 77.0 Å². The first-order valence-electron chi connectivity index (χ1n) is 12.6. The number of piperazine rings is 1. The Balaban J connectivity index is 1.77. The van der Waals surface area contributed by atoms with Crippen LogP contribution < -0.4 is 5.32 Å². The van der Waals surface area contributed by atoms with E-state index in [0.29, 0.717) is 23.9 Å². The third-order valence-electron chi connectivity index (χ3n) is 7.11. The van der Waals surface area contributed by atoms with Crippen LogP contribution in [0.25, 0.3) is 0 Å². The number of carbonyl (C=O) groups is 1. The second-order valence-electron chi connectivity index (χ2n) is 10.7. The van der Waals surface area contributed by atoms with Crippen LogP contribution in [0.1, 0.15) is 88.8 Å². The van der Waals surface area contributed by atoms with Crippen LogP contribution in [0.2, 0.25) is 0 Å². The van der Waals surface area contributed by atoms with E-state index < -0.39 is 9.84 Å². The second kappa shape index (κ2) is 10.9. The number of carbonyl (C=O) groups excluding carboxylic acids is 1. The van der Waals surface area contributed by atoms with Crippen LogP contribution in [0.5, 0.6) is 0 Å². The highest BCUT2D eigenvalue weighted by Gasteiger charge is 2.33. The number of hydrogen-bond donors (Lipinski definition) is 1. The van der Waals surface area contributed by atoms with Crippen LogP contribution >= 0.6 is 0 Å². The maximum Gasteiger partial charge on any atom is 0.225 e. The van der Waals surface area contributed by atoms with E-state index in [2.05, 4.69) is 59.0 Å². The average Bonchev–Trinajstić information content (AvgIpc) is 2.78. The molecule has 0 aromatic heterocycles. The summed E-state index contributed by atoms with van der Waals surface area (Å²) < 4.78 is 27.5. The molecule has 33 heavy (non-hydrogen) atoms. The zero-order valence-electron chi connectivity index (χ0n) is 21.4. The topological polar surface area (TPSA) is 69.7 Å². The molecule has 186 valence electrons. The van der Waals surface area contributed by atoms with Crippen molar-refractivity contribution in [2.75, 3.05) is 45.1 Å². The van der Waals surface area contributed by atoms with Crippen molar-refractivity contribution >= 4 is 15.7 Å². The van der Waals surface area contributed by atoms with Crippen LogP contribution in [0.3, 0.4) is 0 Å². The minimum Gasteiger partial charge on any atom is -0.340 e. The summed E-state index contributed by atoms with van der Waals surface area (Å²) >= 11 is 0. The molecule has 2 saturated heterocycles. The molecule has 1 N–H and O–H groups in total. The SMILES string of the molecule is CC(C)c1cc(C(C)C)c(S(=O)(=O)CN2CCC(C(=O)N3CCNCC3)CC2)c(C(C)C)c1. The molecule has 1 aromatic rings. The van der Waals surface area contributed by atoms with Crippen molar-refractivity contribution < 1.29 is 13.2 Å². The van der Waals surface area contributed by atoms with Gasteiger partial charge in [-0.2, -0.15) is 0 Å². The van der Waals surface area contributed by atoms with Gasteiger partial charge in [0.05, 0.1) is 4.90 Å². The minimum absolute atomic E-state index is 0.0184. The fourth-order valence-corrected chi connectivity index (χ4v) is 7.18. The monoisotopic (exact) mass is 477 g/mol. The molecule has 0 unspecified atom stereocenters. The number of hydrogen-bond acceptors (Lipinski definition) is 5. The van der Waals surface area contributed by atoms with Gasteiger partial charge in [0.25, 0.3) is 0 Å². The molecule has 0 atom stereocenters. The molecule has 0 radical (unpaired) electrons. The van der Waals surface area contributed by atoms with E-state index in [1.165, 1.54) is 5.56 Å². The quantitative estimate of drug-likeness (QED) is 0.644. The Bertz CT molecular complexity index is 897. The van der Waals surface area contributed by atoms with Gasteiger partial charge >= 0.3 is 0 Å². The average molecular weight is 478 g/mol. The predicted octanol–water partition coefficient (Wildman–Crippen LogP) is 3.93. The van der Waals surface area contributed by atoms with Crippen LogP contribution in [-0.4, -0.2) is 69.3 Å². The summed E-state index contributed by atoms with van der Waals surface area (Å²) in [5.41, 5.74) is 3.08. The smallest absolute Gasteiger partial charge is 0.225 e. The highest BCUT2D eigenvalue weighted by Crippen LogP contribution is 2.36.